The molecule has 21 heavy (non-hydrogen) atoms. The number of unbranched alkanes of at least 4 members (excludes halogenated alkanes) is 1. The normalized spacial score (nSPS) is 27.4. The molecule has 0 aromatic rings. The summed E-state index contributed by atoms with van der Waals surface area (Å²) >= 11 is 0. The van der Waals surface area contributed by atoms with E-state index >= 15 is 0 Å². The molecule has 2 aliphatic rings. The molecular formula is C19H38N2. The van der Waals surface area contributed by atoms with E-state index in [4.69, 9.17) is 0 Å². The molecule has 1 heterocycles. The smallest absolute Gasteiger partial charge is 0.0223 e. The minimum atomic E-state index is 0.772. The van der Waals surface area contributed by atoms with Crippen molar-refractivity contribution in [3.63, 3.8) is 0 Å². The van der Waals surface area contributed by atoms with E-state index in [-0.39, 0.29) is 0 Å². The van der Waals surface area contributed by atoms with Gasteiger partial charge in [-0.2, -0.15) is 0 Å². The van der Waals surface area contributed by atoms with Gasteiger partial charge in [0.15, 0.2) is 0 Å². The van der Waals surface area contributed by atoms with E-state index in [1.807, 2.05) is 0 Å². The summed E-state index contributed by atoms with van der Waals surface area (Å²) in [5.41, 5.74) is 0. The Balaban J connectivity index is 1.92. The maximum Gasteiger partial charge on any atom is 0.0223 e. The number of nitrogens with zero attached hydrogens (tertiary/aromatic N) is 1. The van der Waals surface area contributed by atoms with E-state index in [0.717, 1.165) is 18.0 Å². The highest BCUT2D eigenvalue weighted by Crippen LogP contribution is 2.28. The molecule has 0 bridgehead atoms. The van der Waals surface area contributed by atoms with E-state index < -0.39 is 0 Å². The molecule has 2 atom stereocenters. The quantitative estimate of drug-likeness (QED) is 0.739. The summed E-state index contributed by atoms with van der Waals surface area (Å²) in [4.78, 5) is 2.86. The van der Waals surface area contributed by atoms with Gasteiger partial charge < -0.3 is 5.32 Å². The van der Waals surface area contributed by atoms with Crippen molar-refractivity contribution in [1.29, 1.82) is 0 Å². The second-order valence-electron chi connectivity index (χ2n) is 7.39. The molecule has 0 aromatic carbocycles. The molecule has 0 amide bonds. The summed E-state index contributed by atoms with van der Waals surface area (Å²) in [7, 11) is 0. The number of hydrogen-bond donors (Lipinski definition) is 1. The second kappa shape index (κ2) is 9.84. The van der Waals surface area contributed by atoms with Gasteiger partial charge >= 0.3 is 0 Å². The lowest BCUT2D eigenvalue weighted by atomic mass is 9.83. The van der Waals surface area contributed by atoms with Crippen LogP contribution in [0.5, 0.6) is 0 Å². The van der Waals surface area contributed by atoms with Crippen LogP contribution >= 0.6 is 0 Å². The third kappa shape index (κ3) is 5.56. The zero-order valence-electron chi connectivity index (χ0n) is 14.6. The third-order valence-corrected chi connectivity index (χ3v) is 5.71. The highest BCUT2D eigenvalue weighted by atomic mass is 15.2. The van der Waals surface area contributed by atoms with Crippen LogP contribution in [0.3, 0.4) is 0 Å². The van der Waals surface area contributed by atoms with Gasteiger partial charge in [-0.05, 0) is 51.1 Å². The van der Waals surface area contributed by atoms with E-state index in [0.29, 0.717) is 0 Å². The number of rotatable bonds is 7. The fraction of sp³-hybridized carbons (Fsp3) is 1.00. The van der Waals surface area contributed by atoms with Gasteiger partial charge in [0, 0.05) is 18.6 Å². The largest absolute Gasteiger partial charge is 0.312 e. The molecule has 1 saturated heterocycles. The molecule has 0 aromatic heterocycles. The van der Waals surface area contributed by atoms with E-state index in [9.17, 15) is 0 Å². The van der Waals surface area contributed by atoms with Gasteiger partial charge in [0.1, 0.15) is 0 Å². The van der Waals surface area contributed by atoms with Gasteiger partial charge in [-0.3, -0.25) is 4.90 Å². The Hall–Kier alpha value is -0.0800. The molecule has 2 nitrogen and oxygen atoms in total. The topological polar surface area (TPSA) is 15.3 Å². The minimum absolute atomic E-state index is 0.772. The molecule has 1 aliphatic heterocycles. The van der Waals surface area contributed by atoms with Crippen LogP contribution in [0.25, 0.3) is 0 Å². The predicted molar refractivity (Wildman–Crippen MR) is 92.8 cm³/mol. The molecule has 0 spiro atoms. The standard InChI is InChI=1S/C19H38N2/c1-3-5-13-18(10-4-2)21-15-9-14-20-19(16-21)17-11-7-6-8-12-17/h17-20H,3-16H2,1-2H3. The Labute approximate surface area is 133 Å². The SMILES string of the molecule is CCCCC(CCC)N1CCCNC(C2CCCCC2)C1. The molecule has 1 aliphatic carbocycles. The van der Waals surface area contributed by atoms with Crippen LogP contribution in [0, 0.1) is 5.92 Å². The van der Waals surface area contributed by atoms with Crippen LogP contribution in [0.2, 0.25) is 0 Å². The lowest BCUT2D eigenvalue weighted by molar-refractivity contribution is 0.146. The first-order valence-electron chi connectivity index (χ1n) is 9.82. The first kappa shape index (κ1) is 17.3. The maximum absolute atomic E-state index is 3.89. The molecule has 2 unspecified atom stereocenters. The molecule has 2 rings (SSSR count). The van der Waals surface area contributed by atoms with Crippen LogP contribution in [-0.2, 0) is 0 Å². The Kier molecular flexibility index (Phi) is 8.10. The fourth-order valence-electron chi connectivity index (χ4n) is 4.44. The highest BCUT2D eigenvalue weighted by Gasteiger charge is 2.29. The van der Waals surface area contributed by atoms with Gasteiger partial charge in [0.25, 0.3) is 0 Å². The van der Waals surface area contributed by atoms with Gasteiger partial charge in [-0.15, -0.1) is 0 Å². The molecule has 1 N–H and O–H groups in total. The number of nitrogens with one attached hydrogen (secondary N) is 1. The van der Waals surface area contributed by atoms with Crippen molar-refractivity contribution in [2.24, 2.45) is 5.92 Å². The van der Waals surface area contributed by atoms with Crippen LogP contribution in [0.4, 0.5) is 0 Å². The Morgan fingerprint density at radius 2 is 1.81 bits per heavy atom. The van der Waals surface area contributed by atoms with Crippen LogP contribution < -0.4 is 5.32 Å². The average Bonchev–Trinajstić information content (AvgIpc) is 2.78. The minimum Gasteiger partial charge on any atom is -0.312 e. The summed E-state index contributed by atoms with van der Waals surface area (Å²) in [5, 5.41) is 3.89. The molecule has 1 saturated carbocycles. The van der Waals surface area contributed by atoms with E-state index in [1.165, 1.54) is 90.3 Å². The first-order valence-corrected chi connectivity index (χ1v) is 9.82. The van der Waals surface area contributed by atoms with Gasteiger partial charge in [0.05, 0.1) is 0 Å². The molecule has 2 heteroatoms. The summed E-state index contributed by atoms with van der Waals surface area (Å²) < 4.78 is 0. The van der Waals surface area contributed by atoms with E-state index in [1.54, 1.807) is 0 Å². The number of hydrogen-bond acceptors (Lipinski definition) is 2. The molecule has 2 fully saturated rings. The Morgan fingerprint density at radius 1 is 1.00 bits per heavy atom. The van der Waals surface area contributed by atoms with Crippen molar-refractivity contribution in [2.75, 3.05) is 19.6 Å². The lowest BCUT2D eigenvalue weighted by Crippen LogP contribution is -2.46. The third-order valence-electron chi connectivity index (χ3n) is 5.71. The summed E-state index contributed by atoms with van der Waals surface area (Å²) in [6, 6.07) is 1.62. The monoisotopic (exact) mass is 294 g/mol. The first-order chi connectivity index (χ1) is 10.3. The fourth-order valence-corrected chi connectivity index (χ4v) is 4.44. The zero-order valence-corrected chi connectivity index (χ0v) is 14.6. The highest BCUT2D eigenvalue weighted by molar-refractivity contribution is 4.86. The van der Waals surface area contributed by atoms with Crippen molar-refractivity contribution in [1.82, 2.24) is 10.2 Å². The molecule has 124 valence electrons. The second-order valence-corrected chi connectivity index (χ2v) is 7.39. The van der Waals surface area contributed by atoms with E-state index in [2.05, 4.69) is 24.1 Å². The van der Waals surface area contributed by atoms with Crippen LogP contribution in [0.1, 0.15) is 84.5 Å². The van der Waals surface area contributed by atoms with Crippen LogP contribution in [-0.4, -0.2) is 36.6 Å². The predicted octanol–water partition coefficient (Wildman–Crippen LogP) is 4.59. The van der Waals surface area contributed by atoms with Crippen molar-refractivity contribution in [2.45, 2.75) is 96.6 Å². The van der Waals surface area contributed by atoms with Gasteiger partial charge in [-0.1, -0.05) is 52.4 Å². The van der Waals surface area contributed by atoms with Gasteiger partial charge in [-0.25, -0.2) is 0 Å². The van der Waals surface area contributed by atoms with Crippen molar-refractivity contribution < 1.29 is 0 Å². The summed E-state index contributed by atoms with van der Waals surface area (Å²) in [6.45, 7) is 8.57. The molecule has 0 radical (unpaired) electrons. The van der Waals surface area contributed by atoms with Crippen molar-refractivity contribution in [3.8, 4) is 0 Å². The Bertz CT molecular complexity index is 260. The summed E-state index contributed by atoms with van der Waals surface area (Å²) in [6.07, 6.45) is 15.6. The average molecular weight is 295 g/mol. The van der Waals surface area contributed by atoms with Crippen molar-refractivity contribution in [3.05, 3.63) is 0 Å². The van der Waals surface area contributed by atoms with Crippen LogP contribution in [0.15, 0.2) is 0 Å². The Morgan fingerprint density at radius 3 is 2.52 bits per heavy atom. The zero-order chi connectivity index (χ0) is 14.9. The van der Waals surface area contributed by atoms with Crippen molar-refractivity contribution >= 4 is 0 Å². The lowest BCUT2D eigenvalue weighted by Gasteiger charge is -2.36. The maximum atomic E-state index is 3.89. The molecular weight excluding hydrogens is 256 g/mol. The van der Waals surface area contributed by atoms with Gasteiger partial charge in [0.2, 0.25) is 0 Å². The summed E-state index contributed by atoms with van der Waals surface area (Å²) in [5.74, 6) is 0.952.